The number of halogens is 3. The molecule has 136 valence electrons. The van der Waals surface area contributed by atoms with E-state index in [-0.39, 0.29) is 36.0 Å². The van der Waals surface area contributed by atoms with Gasteiger partial charge in [0.2, 0.25) is 11.8 Å². The second kappa shape index (κ2) is 7.47. The van der Waals surface area contributed by atoms with Crippen molar-refractivity contribution in [1.29, 1.82) is 0 Å². The third-order valence-electron chi connectivity index (χ3n) is 4.00. The summed E-state index contributed by atoms with van der Waals surface area (Å²) < 4.78 is 43.1. The molecule has 2 amide bonds. The lowest BCUT2D eigenvalue weighted by molar-refractivity contribution is -0.122. The minimum Gasteiger partial charge on any atom is -0.433 e. The van der Waals surface area contributed by atoms with Crippen LogP contribution in [0, 0.1) is 11.7 Å². The van der Waals surface area contributed by atoms with E-state index >= 15 is 0 Å². The van der Waals surface area contributed by atoms with Gasteiger partial charge in [0.05, 0.1) is 17.3 Å². The summed E-state index contributed by atoms with van der Waals surface area (Å²) in [6.07, 6.45) is -0.0992. The number of hydrogen-bond donors (Lipinski definition) is 1. The number of benzene rings is 2. The average molecular weight is 364 g/mol. The lowest BCUT2D eigenvalue weighted by atomic mass is 10.1. The van der Waals surface area contributed by atoms with Crippen LogP contribution >= 0.6 is 0 Å². The Morgan fingerprint density at radius 3 is 2.58 bits per heavy atom. The summed E-state index contributed by atoms with van der Waals surface area (Å²) in [6.45, 7) is -3.03. The Morgan fingerprint density at radius 2 is 1.85 bits per heavy atom. The predicted octanol–water partition coefficient (Wildman–Crippen LogP) is 3.42. The summed E-state index contributed by atoms with van der Waals surface area (Å²) in [5.41, 5.74) is 0.184. The number of nitrogens with zero attached hydrogens (tertiary/aromatic N) is 1. The van der Waals surface area contributed by atoms with Gasteiger partial charge in [0.25, 0.3) is 0 Å². The van der Waals surface area contributed by atoms with Crippen LogP contribution < -0.4 is 15.0 Å². The number of nitrogens with one attached hydrogen (secondary N) is 1. The van der Waals surface area contributed by atoms with E-state index in [0.29, 0.717) is 0 Å². The van der Waals surface area contributed by atoms with Crippen molar-refractivity contribution in [1.82, 2.24) is 0 Å². The van der Waals surface area contributed by atoms with Gasteiger partial charge < -0.3 is 15.0 Å². The molecule has 1 N–H and O–H groups in total. The van der Waals surface area contributed by atoms with Gasteiger partial charge in [-0.05, 0) is 24.3 Å². The summed E-state index contributed by atoms with van der Waals surface area (Å²) >= 11 is 0. The molecular formula is C18H15F3N2O3. The standard InChI is InChI=1S/C18H15F3N2O3/c19-12-5-1-3-7-14(12)23-10-11(9-16(23)24)17(25)22-13-6-2-4-8-15(13)26-18(20)21/h1-8,11,18H,9-10H2,(H,22,25)/t11-/m0/s1. The molecule has 0 bridgehead atoms. The topological polar surface area (TPSA) is 58.6 Å². The quantitative estimate of drug-likeness (QED) is 0.885. The normalized spacial score (nSPS) is 16.8. The zero-order valence-electron chi connectivity index (χ0n) is 13.5. The highest BCUT2D eigenvalue weighted by Gasteiger charge is 2.36. The summed E-state index contributed by atoms with van der Waals surface area (Å²) in [6, 6.07) is 11.5. The number of anilines is 2. The second-order valence-electron chi connectivity index (χ2n) is 5.72. The highest BCUT2D eigenvalue weighted by Crippen LogP contribution is 2.30. The van der Waals surface area contributed by atoms with Crippen LogP contribution in [0.1, 0.15) is 6.42 Å². The maximum Gasteiger partial charge on any atom is 0.387 e. The van der Waals surface area contributed by atoms with Gasteiger partial charge in [0, 0.05) is 13.0 Å². The molecule has 0 saturated carbocycles. The maximum atomic E-state index is 13.9. The molecular weight excluding hydrogens is 349 g/mol. The van der Waals surface area contributed by atoms with E-state index in [1.807, 2.05) is 0 Å². The molecule has 3 rings (SSSR count). The monoisotopic (exact) mass is 364 g/mol. The molecule has 1 heterocycles. The van der Waals surface area contributed by atoms with E-state index in [0.717, 1.165) is 0 Å². The van der Waals surface area contributed by atoms with Crippen LogP contribution in [0.5, 0.6) is 5.75 Å². The van der Waals surface area contributed by atoms with Gasteiger partial charge >= 0.3 is 6.61 Å². The van der Waals surface area contributed by atoms with Crippen molar-refractivity contribution in [2.24, 2.45) is 5.92 Å². The minimum atomic E-state index is -3.03. The first-order chi connectivity index (χ1) is 12.5. The second-order valence-corrected chi connectivity index (χ2v) is 5.72. The number of carbonyl (C=O) groups excluding carboxylic acids is 2. The van der Waals surface area contributed by atoms with Gasteiger partial charge in [-0.3, -0.25) is 9.59 Å². The van der Waals surface area contributed by atoms with Gasteiger partial charge in [-0.1, -0.05) is 24.3 Å². The Labute approximate surface area is 147 Å². The first-order valence-corrected chi connectivity index (χ1v) is 7.85. The Balaban J connectivity index is 1.72. The molecule has 2 aromatic carbocycles. The van der Waals surface area contributed by atoms with E-state index in [1.54, 1.807) is 12.1 Å². The highest BCUT2D eigenvalue weighted by atomic mass is 19.3. The van der Waals surface area contributed by atoms with Gasteiger partial charge in [-0.25, -0.2) is 4.39 Å². The van der Waals surface area contributed by atoms with Crippen molar-refractivity contribution in [2.75, 3.05) is 16.8 Å². The number of para-hydroxylation sites is 3. The van der Waals surface area contributed by atoms with Gasteiger partial charge in [-0.2, -0.15) is 8.78 Å². The molecule has 5 nitrogen and oxygen atoms in total. The van der Waals surface area contributed by atoms with Crippen LogP contribution in [-0.4, -0.2) is 25.0 Å². The summed E-state index contributed by atoms with van der Waals surface area (Å²) in [7, 11) is 0. The third kappa shape index (κ3) is 3.79. The largest absolute Gasteiger partial charge is 0.433 e. The van der Waals surface area contributed by atoms with Gasteiger partial charge in [-0.15, -0.1) is 0 Å². The van der Waals surface area contributed by atoms with Gasteiger partial charge in [0.1, 0.15) is 11.6 Å². The summed E-state index contributed by atoms with van der Waals surface area (Å²) in [5, 5.41) is 2.50. The lowest BCUT2D eigenvalue weighted by Gasteiger charge is -2.17. The van der Waals surface area contributed by atoms with E-state index in [2.05, 4.69) is 10.1 Å². The summed E-state index contributed by atoms with van der Waals surface area (Å²) in [5.74, 6) is -2.37. The molecule has 1 saturated heterocycles. The Hall–Kier alpha value is -3.03. The minimum absolute atomic E-state index is 0.00344. The first-order valence-electron chi connectivity index (χ1n) is 7.85. The number of alkyl halides is 2. The van der Waals surface area contributed by atoms with Crippen molar-refractivity contribution < 1.29 is 27.5 Å². The molecule has 1 aliphatic heterocycles. The predicted molar refractivity (Wildman–Crippen MR) is 88.6 cm³/mol. The molecule has 0 unspecified atom stereocenters. The molecule has 8 heteroatoms. The fraction of sp³-hybridized carbons (Fsp3) is 0.222. The van der Waals surface area contributed by atoms with E-state index in [1.165, 1.54) is 41.3 Å². The van der Waals surface area contributed by atoms with Crippen LogP contribution in [0.2, 0.25) is 0 Å². The van der Waals surface area contributed by atoms with Crippen molar-refractivity contribution in [3.63, 3.8) is 0 Å². The molecule has 0 spiro atoms. The first kappa shape index (κ1) is 17.8. The number of ether oxygens (including phenoxy) is 1. The van der Waals surface area contributed by atoms with Crippen molar-refractivity contribution in [3.8, 4) is 5.75 Å². The van der Waals surface area contributed by atoms with Crippen molar-refractivity contribution in [2.45, 2.75) is 13.0 Å². The number of rotatable bonds is 5. The molecule has 0 aliphatic carbocycles. The van der Waals surface area contributed by atoms with E-state index in [9.17, 15) is 22.8 Å². The molecule has 2 aromatic rings. The van der Waals surface area contributed by atoms with Crippen LogP contribution in [-0.2, 0) is 9.59 Å². The fourth-order valence-electron chi connectivity index (χ4n) is 2.79. The molecule has 1 fully saturated rings. The molecule has 0 radical (unpaired) electrons. The number of hydrogen-bond acceptors (Lipinski definition) is 3. The zero-order valence-corrected chi connectivity index (χ0v) is 13.5. The van der Waals surface area contributed by atoms with Crippen LogP contribution in [0.4, 0.5) is 24.5 Å². The van der Waals surface area contributed by atoms with Crippen LogP contribution in [0.3, 0.4) is 0 Å². The zero-order chi connectivity index (χ0) is 18.7. The Kier molecular flexibility index (Phi) is 5.11. The fourth-order valence-corrected chi connectivity index (χ4v) is 2.79. The van der Waals surface area contributed by atoms with Gasteiger partial charge in [0.15, 0.2) is 0 Å². The van der Waals surface area contributed by atoms with E-state index < -0.39 is 24.3 Å². The van der Waals surface area contributed by atoms with Crippen LogP contribution in [0.25, 0.3) is 0 Å². The molecule has 1 aliphatic rings. The summed E-state index contributed by atoms with van der Waals surface area (Å²) in [4.78, 5) is 25.8. The number of amides is 2. The van der Waals surface area contributed by atoms with Crippen molar-refractivity contribution >= 4 is 23.2 Å². The average Bonchev–Trinajstić information content (AvgIpc) is 2.98. The van der Waals surface area contributed by atoms with Crippen LogP contribution in [0.15, 0.2) is 48.5 Å². The molecule has 0 aromatic heterocycles. The highest BCUT2D eigenvalue weighted by molar-refractivity contribution is 6.03. The molecule has 1 atom stereocenters. The smallest absolute Gasteiger partial charge is 0.387 e. The Bertz CT molecular complexity index is 829. The molecule has 26 heavy (non-hydrogen) atoms. The van der Waals surface area contributed by atoms with Crippen molar-refractivity contribution in [3.05, 3.63) is 54.3 Å². The third-order valence-corrected chi connectivity index (χ3v) is 4.00. The maximum absolute atomic E-state index is 13.9. The SMILES string of the molecule is O=C(Nc1ccccc1OC(F)F)[C@H]1CC(=O)N(c2ccccc2F)C1. The lowest BCUT2D eigenvalue weighted by Crippen LogP contribution is -2.28. The number of carbonyl (C=O) groups is 2. The van der Waals surface area contributed by atoms with E-state index in [4.69, 9.17) is 0 Å². The Morgan fingerprint density at radius 1 is 1.15 bits per heavy atom.